The molecule has 0 aliphatic carbocycles. The molecule has 98 valence electrons. The van der Waals surface area contributed by atoms with E-state index in [1.54, 1.807) is 13.8 Å². The average molecular weight is 244 g/mol. The molecular formula is C11H20N2O4. The van der Waals surface area contributed by atoms with Gasteiger partial charge in [0.15, 0.2) is 0 Å². The molecule has 1 aliphatic rings. The molecule has 17 heavy (non-hydrogen) atoms. The molecular weight excluding hydrogens is 224 g/mol. The standard InChI is InChI=1S/C11H20N2O4/c1-7(2)8(9(14)15)12-10(16)13-11(3)4-5-17-6-11/h7-8H,4-6H2,1-3H3,(H,14,15)(H2,12,13,16)/t8-,11?/m0/s1. The Balaban J connectivity index is 2.50. The van der Waals surface area contributed by atoms with Crippen LogP contribution in [0.5, 0.6) is 0 Å². The zero-order chi connectivity index (χ0) is 13.1. The number of hydrogen-bond acceptors (Lipinski definition) is 3. The third kappa shape index (κ3) is 3.89. The summed E-state index contributed by atoms with van der Waals surface area (Å²) in [5, 5.41) is 14.2. The van der Waals surface area contributed by atoms with E-state index in [0.29, 0.717) is 13.2 Å². The Bertz CT molecular complexity index is 298. The summed E-state index contributed by atoms with van der Waals surface area (Å²) in [6.45, 7) is 6.45. The highest BCUT2D eigenvalue weighted by Gasteiger charge is 2.32. The minimum Gasteiger partial charge on any atom is -0.480 e. The first-order chi connectivity index (χ1) is 7.84. The summed E-state index contributed by atoms with van der Waals surface area (Å²) in [7, 11) is 0. The van der Waals surface area contributed by atoms with E-state index >= 15 is 0 Å². The van der Waals surface area contributed by atoms with Crippen LogP contribution in [-0.4, -0.2) is 41.9 Å². The quantitative estimate of drug-likeness (QED) is 0.674. The molecule has 2 amide bonds. The fourth-order valence-electron chi connectivity index (χ4n) is 1.73. The number of rotatable bonds is 4. The second-order valence-electron chi connectivity index (χ2n) is 5.02. The van der Waals surface area contributed by atoms with Crippen LogP contribution in [-0.2, 0) is 9.53 Å². The summed E-state index contributed by atoms with van der Waals surface area (Å²) in [6, 6.07) is -1.33. The minimum absolute atomic E-state index is 0.161. The van der Waals surface area contributed by atoms with Gasteiger partial charge >= 0.3 is 12.0 Å². The molecule has 0 aromatic rings. The van der Waals surface area contributed by atoms with E-state index in [4.69, 9.17) is 9.84 Å². The molecule has 0 bridgehead atoms. The van der Waals surface area contributed by atoms with Crippen molar-refractivity contribution in [1.82, 2.24) is 10.6 Å². The molecule has 2 atom stereocenters. The van der Waals surface area contributed by atoms with E-state index in [9.17, 15) is 9.59 Å². The second-order valence-corrected chi connectivity index (χ2v) is 5.02. The van der Waals surface area contributed by atoms with E-state index in [1.165, 1.54) is 0 Å². The Morgan fingerprint density at radius 2 is 2.06 bits per heavy atom. The van der Waals surface area contributed by atoms with Crippen molar-refractivity contribution in [2.75, 3.05) is 13.2 Å². The van der Waals surface area contributed by atoms with E-state index in [2.05, 4.69) is 10.6 Å². The highest BCUT2D eigenvalue weighted by atomic mass is 16.5. The van der Waals surface area contributed by atoms with E-state index in [1.807, 2.05) is 6.92 Å². The van der Waals surface area contributed by atoms with Gasteiger partial charge in [-0.2, -0.15) is 0 Å². The first-order valence-electron chi connectivity index (χ1n) is 5.73. The van der Waals surface area contributed by atoms with Crippen LogP contribution in [0.2, 0.25) is 0 Å². The predicted octanol–water partition coefficient (Wildman–Crippen LogP) is 0.574. The number of carboxylic acid groups (broad SMARTS) is 1. The summed E-state index contributed by atoms with van der Waals surface area (Å²) in [6.07, 6.45) is 0.736. The molecule has 1 heterocycles. The summed E-state index contributed by atoms with van der Waals surface area (Å²) >= 11 is 0. The molecule has 3 N–H and O–H groups in total. The second kappa shape index (κ2) is 5.35. The zero-order valence-corrected chi connectivity index (χ0v) is 10.4. The molecule has 1 fully saturated rings. The first-order valence-corrected chi connectivity index (χ1v) is 5.73. The van der Waals surface area contributed by atoms with Crippen LogP contribution in [0.3, 0.4) is 0 Å². The number of carboxylic acids is 1. The van der Waals surface area contributed by atoms with Gasteiger partial charge in [-0.25, -0.2) is 9.59 Å². The van der Waals surface area contributed by atoms with Crippen molar-refractivity contribution >= 4 is 12.0 Å². The van der Waals surface area contributed by atoms with Crippen LogP contribution >= 0.6 is 0 Å². The summed E-state index contributed by atoms with van der Waals surface area (Å²) in [5.74, 6) is -1.19. The van der Waals surface area contributed by atoms with Crippen molar-refractivity contribution < 1.29 is 19.4 Å². The normalized spacial score (nSPS) is 25.6. The van der Waals surface area contributed by atoms with Crippen molar-refractivity contribution in [1.29, 1.82) is 0 Å². The lowest BCUT2D eigenvalue weighted by atomic mass is 10.0. The average Bonchev–Trinajstić information content (AvgIpc) is 2.60. The number of urea groups is 1. The lowest BCUT2D eigenvalue weighted by molar-refractivity contribution is -0.140. The van der Waals surface area contributed by atoms with E-state index in [0.717, 1.165) is 6.42 Å². The molecule has 0 aromatic carbocycles. The Labute approximate surface area is 101 Å². The molecule has 0 saturated carbocycles. The number of carbonyl (C=O) groups excluding carboxylic acids is 1. The fraction of sp³-hybridized carbons (Fsp3) is 0.818. The number of aliphatic carboxylic acids is 1. The van der Waals surface area contributed by atoms with Crippen molar-refractivity contribution in [2.45, 2.75) is 38.8 Å². The Morgan fingerprint density at radius 3 is 2.47 bits per heavy atom. The Kier molecular flexibility index (Phi) is 4.34. The maximum absolute atomic E-state index is 11.7. The third-order valence-electron chi connectivity index (χ3n) is 2.85. The molecule has 6 nitrogen and oxygen atoms in total. The fourth-order valence-corrected chi connectivity index (χ4v) is 1.73. The van der Waals surface area contributed by atoms with Gasteiger partial charge in [-0.1, -0.05) is 13.8 Å². The largest absolute Gasteiger partial charge is 0.480 e. The van der Waals surface area contributed by atoms with Gasteiger partial charge in [0.05, 0.1) is 12.1 Å². The van der Waals surface area contributed by atoms with Crippen LogP contribution in [0.1, 0.15) is 27.2 Å². The molecule has 0 radical (unpaired) electrons. The number of amides is 2. The maximum Gasteiger partial charge on any atom is 0.326 e. The number of hydrogen-bond donors (Lipinski definition) is 3. The van der Waals surface area contributed by atoms with Gasteiger partial charge in [-0.05, 0) is 19.3 Å². The molecule has 1 saturated heterocycles. The van der Waals surface area contributed by atoms with Crippen molar-refractivity contribution in [3.63, 3.8) is 0 Å². The van der Waals surface area contributed by atoms with Crippen LogP contribution in [0.15, 0.2) is 0 Å². The predicted molar refractivity (Wildman–Crippen MR) is 61.8 cm³/mol. The molecule has 1 unspecified atom stereocenters. The van der Waals surface area contributed by atoms with Crippen molar-refractivity contribution in [2.24, 2.45) is 5.92 Å². The number of nitrogens with one attached hydrogen (secondary N) is 2. The first kappa shape index (κ1) is 13.8. The van der Waals surface area contributed by atoms with Crippen LogP contribution < -0.4 is 10.6 Å². The van der Waals surface area contributed by atoms with E-state index < -0.39 is 23.6 Å². The van der Waals surface area contributed by atoms with Crippen molar-refractivity contribution in [3.8, 4) is 0 Å². The van der Waals surface area contributed by atoms with Gasteiger partial charge in [0, 0.05) is 6.61 Å². The lowest BCUT2D eigenvalue weighted by Crippen LogP contribution is -2.55. The Hall–Kier alpha value is -1.30. The van der Waals surface area contributed by atoms with Gasteiger partial charge in [-0.3, -0.25) is 0 Å². The highest BCUT2D eigenvalue weighted by molar-refractivity contribution is 5.83. The Morgan fingerprint density at radius 1 is 1.41 bits per heavy atom. The SMILES string of the molecule is CC(C)[C@H](NC(=O)NC1(C)CCOC1)C(=O)O. The molecule has 0 aromatic heterocycles. The van der Waals surface area contributed by atoms with Gasteiger partial charge in [-0.15, -0.1) is 0 Å². The van der Waals surface area contributed by atoms with Gasteiger partial charge in [0.25, 0.3) is 0 Å². The zero-order valence-electron chi connectivity index (χ0n) is 10.4. The summed E-state index contributed by atoms with van der Waals surface area (Å²) in [5.41, 5.74) is -0.399. The maximum atomic E-state index is 11.7. The number of ether oxygens (including phenoxy) is 1. The van der Waals surface area contributed by atoms with Gasteiger partial charge < -0.3 is 20.5 Å². The third-order valence-corrected chi connectivity index (χ3v) is 2.85. The monoisotopic (exact) mass is 244 g/mol. The molecule has 1 rings (SSSR count). The van der Waals surface area contributed by atoms with Crippen molar-refractivity contribution in [3.05, 3.63) is 0 Å². The van der Waals surface area contributed by atoms with Crippen LogP contribution in [0, 0.1) is 5.92 Å². The van der Waals surface area contributed by atoms with Crippen LogP contribution in [0.4, 0.5) is 4.79 Å². The molecule has 0 spiro atoms. The lowest BCUT2D eigenvalue weighted by Gasteiger charge is -2.26. The topological polar surface area (TPSA) is 87.7 Å². The van der Waals surface area contributed by atoms with Crippen LogP contribution in [0.25, 0.3) is 0 Å². The highest BCUT2D eigenvalue weighted by Crippen LogP contribution is 2.17. The van der Waals surface area contributed by atoms with Gasteiger partial charge in [0.2, 0.25) is 0 Å². The number of carbonyl (C=O) groups is 2. The summed E-state index contributed by atoms with van der Waals surface area (Å²) < 4.78 is 5.20. The smallest absolute Gasteiger partial charge is 0.326 e. The minimum atomic E-state index is -1.03. The molecule has 6 heteroatoms. The summed E-state index contributed by atoms with van der Waals surface area (Å²) in [4.78, 5) is 22.6. The molecule has 1 aliphatic heterocycles. The van der Waals surface area contributed by atoms with Gasteiger partial charge in [0.1, 0.15) is 6.04 Å². The van der Waals surface area contributed by atoms with E-state index in [-0.39, 0.29) is 5.92 Å².